The minimum Gasteiger partial charge on any atom is -0.372 e. The number of carbonyl (C=O) groups is 2. The Morgan fingerprint density at radius 3 is 2.16 bits per heavy atom. The van der Waals surface area contributed by atoms with Gasteiger partial charge >= 0.3 is 0 Å². The Morgan fingerprint density at radius 2 is 1.68 bits per heavy atom. The highest BCUT2D eigenvalue weighted by Crippen LogP contribution is 2.17. The number of nitrogens with one attached hydrogen (secondary N) is 1. The van der Waals surface area contributed by atoms with E-state index in [9.17, 15) is 18.4 Å². The maximum absolute atomic E-state index is 13.8. The van der Waals surface area contributed by atoms with Crippen LogP contribution in [-0.2, 0) is 9.53 Å². The molecule has 1 aromatic rings. The molecular formula is C18H24F2N2O3. The summed E-state index contributed by atoms with van der Waals surface area (Å²) in [6, 6.07) is 2.33. The predicted octanol–water partition coefficient (Wildman–Crippen LogP) is 2.36. The van der Waals surface area contributed by atoms with Crippen molar-refractivity contribution in [3.05, 3.63) is 35.4 Å². The summed E-state index contributed by atoms with van der Waals surface area (Å²) in [6.45, 7) is 8.11. The first kappa shape index (κ1) is 19.3. The third-order valence-corrected chi connectivity index (χ3v) is 4.14. The van der Waals surface area contributed by atoms with E-state index < -0.39 is 29.1 Å². The van der Waals surface area contributed by atoms with Crippen molar-refractivity contribution in [1.29, 1.82) is 0 Å². The average Bonchev–Trinajstić information content (AvgIpc) is 2.50. The van der Waals surface area contributed by atoms with E-state index in [4.69, 9.17) is 4.74 Å². The number of hydrogen-bond acceptors (Lipinski definition) is 3. The van der Waals surface area contributed by atoms with Crippen LogP contribution in [0.15, 0.2) is 18.2 Å². The summed E-state index contributed by atoms with van der Waals surface area (Å²) < 4.78 is 33.2. The minimum atomic E-state index is -0.957. The second kappa shape index (κ2) is 7.91. The molecule has 1 aliphatic heterocycles. The Balaban J connectivity index is 2.18. The summed E-state index contributed by atoms with van der Waals surface area (Å²) in [5.41, 5.74) is -0.676. The van der Waals surface area contributed by atoms with Crippen LogP contribution in [0.5, 0.6) is 0 Å². The molecule has 0 aliphatic carbocycles. The van der Waals surface area contributed by atoms with Gasteiger partial charge in [-0.2, -0.15) is 0 Å². The smallest absolute Gasteiger partial charge is 0.257 e. The second-order valence-electron chi connectivity index (χ2n) is 6.79. The van der Waals surface area contributed by atoms with Crippen LogP contribution in [0.1, 0.15) is 38.1 Å². The zero-order chi connectivity index (χ0) is 18.7. The summed E-state index contributed by atoms with van der Waals surface area (Å²) in [6.07, 6.45) is -0.222. The summed E-state index contributed by atoms with van der Waals surface area (Å²) in [5, 5.41) is 2.49. The molecule has 7 heteroatoms. The SMILES string of the molecule is CC(C)[C@@H](NC(=O)c1c(F)cccc1F)C(=O)N1C[C@@H](C)O[C@H](C)C1. The minimum absolute atomic E-state index is 0.111. The Kier molecular flexibility index (Phi) is 6.11. The lowest BCUT2D eigenvalue weighted by atomic mass is 10.0. The molecule has 5 nitrogen and oxygen atoms in total. The zero-order valence-corrected chi connectivity index (χ0v) is 14.9. The lowest BCUT2D eigenvalue weighted by Gasteiger charge is -2.38. The van der Waals surface area contributed by atoms with Gasteiger partial charge in [-0.25, -0.2) is 8.78 Å². The second-order valence-corrected chi connectivity index (χ2v) is 6.79. The zero-order valence-electron chi connectivity index (χ0n) is 14.9. The van der Waals surface area contributed by atoms with Crippen molar-refractivity contribution in [2.45, 2.75) is 45.9 Å². The summed E-state index contributed by atoms with van der Waals surface area (Å²) in [7, 11) is 0. The highest BCUT2D eigenvalue weighted by molar-refractivity contribution is 5.98. The van der Waals surface area contributed by atoms with Gasteiger partial charge < -0.3 is 15.0 Å². The van der Waals surface area contributed by atoms with Crippen molar-refractivity contribution in [1.82, 2.24) is 10.2 Å². The number of morpholine rings is 1. The molecular weight excluding hydrogens is 330 g/mol. The van der Waals surface area contributed by atoms with Crippen molar-refractivity contribution in [3.8, 4) is 0 Å². The van der Waals surface area contributed by atoms with E-state index >= 15 is 0 Å². The molecule has 0 spiro atoms. The largest absolute Gasteiger partial charge is 0.372 e. The van der Waals surface area contributed by atoms with E-state index in [0.717, 1.165) is 12.1 Å². The van der Waals surface area contributed by atoms with Crippen LogP contribution < -0.4 is 5.32 Å². The molecule has 1 heterocycles. The van der Waals surface area contributed by atoms with Crippen molar-refractivity contribution in [2.75, 3.05) is 13.1 Å². The van der Waals surface area contributed by atoms with Gasteiger partial charge in [0.2, 0.25) is 5.91 Å². The van der Waals surface area contributed by atoms with E-state index in [1.54, 1.807) is 18.7 Å². The molecule has 1 saturated heterocycles. The van der Waals surface area contributed by atoms with Gasteiger partial charge in [0.25, 0.3) is 5.91 Å². The molecule has 0 aromatic heterocycles. The first-order valence-electron chi connectivity index (χ1n) is 8.39. The first-order valence-corrected chi connectivity index (χ1v) is 8.39. The van der Waals surface area contributed by atoms with Crippen molar-refractivity contribution in [2.24, 2.45) is 5.92 Å². The van der Waals surface area contributed by atoms with Gasteiger partial charge in [-0.15, -0.1) is 0 Å². The Hall–Kier alpha value is -2.02. The van der Waals surface area contributed by atoms with E-state index in [2.05, 4.69) is 5.32 Å². The topological polar surface area (TPSA) is 58.6 Å². The number of rotatable bonds is 4. The van der Waals surface area contributed by atoms with Crippen molar-refractivity contribution >= 4 is 11.8 Å². The highest BCUT2D eigenvalue weighted by Gasteiger charge is 2.34. The average molecular weight is 354 g/mol. The molecule has 0 bridgehead atoms. The van der Waals surface area contributed by atoms with E-state index in [1.165, 1.54) is 6.07 Å². The number of amides is 2. The number of ether oxygens (including phenoxy) is 1. The maximum Gasteiger partial charge on any atom is 0.257 e. The molecule has 0 saturated carbocycles. The van der Waals surface area contributed by atoms with Crippen LogP contribution in [0.2, 0.25) is 0 Å². The molecule has 25 heavy (non-hydrogen) atoms. The molecule has 1 aromatic carbocycles. The van der Waals surface area contributed by atoms with Gasteiger partial charge in [-0.05, 0) is 31.9 Å². The fourth-order valence-electron chi connectivity index (χ4n) is 3.00. The Morgan fingerprint density at radius 1 is 1.16 bits per heavy atom. The summed E-state index contributed by atoms with van der Waals surface area (Å²) in [4.78, 5) is 26.8. The third kappa shape index (κ3) is 4.54. The van der Waals surface area contributed by atoms with Gasteiger partial charge in [-0.1, -0.05) is 19.9 Å². The summed E-state index contributed by atoms with van der Waals surface area (Å²) in [5.74, 6) is -3.36. The van der Waals surface area contributed by atoms with Crippen LogP contribution in [0.25, 0.3) is 0 Å². The third-order valence-electron chi connectivity index (χ3n) is 4.14. The van der Waals surface area contributed by atoms with Crippen LogP contribution in [0, 0.1) is 17.6 Å². The molecule has 1 N–H and O–H groups in total. The Bertz CT molecular complexity index is 621. The molecule has 0 radical (unpaired) electrons. The van der Waals surface area contributed by atoms with E-state index in [-0.39, 0.29) is 24.0 Å². The molecule has 0 unspecified atom stereocenters. The van der Waals surface area contributed by atoms with Gasteiger partial charge in [-0.3, -0.25) is 9.59 Å². The van der Waals surface area contributed by atoms with Gasteiger partial charge in [0.1, 0.15) is 23.2 Å². The Labute approximate surface area is 146 Å². The molecule has 2 rings (SSSR count). The van der Waals surface area contributed by atoms with Crippen LogP contribution in [0.3, 0.4) is 0 Å². The highest BCUT2D eigenvalue weighted by atomic mass is 19.1. The predicted molar refractivity (Wildman–Crippen MR) is 89.0 cm³/mol. The maximum atomic E-state index is 13.8. The monoisotopic (exact) mass is 354 g/mol. The van der Waals surface area contributed by atoms with Crippen molar-refractivity contribution in [3.63, 3.8) is 0 Å². The van der Waals surface area contributed by atoms with E-state index in [1.807, 2.05) is 13.8 Å². The summed E-state index contributed by atoms with van der Waals surface area (Å²) >= 11 is 0. The van der Waals surface area contributed by atoms with Crippen LogP contribution in [0.4, 0.5) is 8.78 Å². The van der Waals surface area contributed by atoms with Gasteiger partial charge in [0, 0.05) is 13.1 Å². The number of hydrogen-bond donors (Lipinski definition) is 1. The lowest BCUT2D eigenvalue weighted by Crippen LogP contribution is -2.56. The number of halogens is 2. The standard InChI is InChI=1S/C18H24F2N2O3/c1-10(2)16(18(24)22-8-11(3)25-12(4)9-22)21-17(23)15-13(19)6-5-7-14(15)20/h5-7,10-12,16H,8-9H2,1-4H3,(H,21,23)/t11-,12-,16-/m1/s1. The van der Waals surface area contributed by atoms with Crippen LogP contribution in [-0.4, -0.2) is 48.1 Å². The molecule has 2 amide bonds. The molecule has 1 aliphatic rings. The lowest BCUT2D eigenvalue weighted by molar-refractivity contribution is -0.146. The number of benzene rings is 1. The quantitative estimate of drug-likeness (QED) is 0.903. The first-order chi connectivity index (χ1) is 11.7. The van der Waals surface area contributed by atoms with Gasteiger partial charge in [0.05, 0.1) is 12.2 Å². The molecule has 1 fully saturated rings. The fraction of sp³-hybridized carbons (Fsp3) is 0.556. The molecule has 3 atom stereocenters. The molecule has 138 valence electrons. The fourth-order valence-corrected chi connectivity index (χ4v) is 3.00. The van der Waals surface area contributed by atoms with Crippen LogP contribution >= 0.6 is 0 Å². The van der Waals surface area contributed by atoms with E-state index in [0.29, 0.717) is 13.1 Å². The number of carbonyl (C=O) groups excluding carboxylic acids is 2. The number of nitrogens with zero attached hydrogens (tertiary/aromatic N) is 1. The van der Waals surface area contributed by atoms with Gasteiger partial charge in [0.15, 0.2) is 0 Å². The van der Waals surface area contributed by atoms with Crippen molar-refractivity contribution < 1.29 is 23.1 Å². The normalized spacial score (nSPS) is 22.0.